The van der Waals surface area contributed by atoms with Crippen molar-refractivity contribution >= 4 is 45.8 Å². The Bertz CT molecular complexity index is 830. The molecule has 0 atom stereocenters. The predicted octanol–water partition coefficient (Wildman–Crippen LogP) is 3.85. The maximum atomic E-state index is 12.7. The maximum absolute atomic E-state index is 12.7. The third kappa shape index (κ3) is 4.61. The molecule has 5 nitrogen and oxygen atoms in total. The smallest absolute Gasteiger partial charge is 0.256 e. The number of nitrogens with zero attached hydrogens (tertiary/aromatic N) is 2. The average Bonchev–Trinajstić information content (AvgIpc) is 2.68. The fourth-order valence-corrected chi connectivity index (χ4v) is 3.86. The molecule has 1 N–H and O–H groups in total. The first-order valence-corrected chi connectivity index (χ1v) is 10.2. The van der Waals surface area contributed by atoms with Crippen molar-refractivity contribution in [2.75, 3.05) is 36.4 Å². The van der Waals surface area contributed by atoms with Gasteiger partial charge in [-0.2, -0.15) is 0 Å². The monoisotopic (exact) mass is 477 g/mol. The fraction of sp³-hybridized carbons (Fsp3) is 0.333. The number of carbonyl (C=O) groups excluding carboxylic acids is 2. The van der Waals surface area contributed by atoms with E-state index < -0.39 is 0 Å². The van der Waals surface area contributed by atoms with Crippen LogP contribution in [-0.2, 0) is 4.79 Å². The average molecular weight is 477 g/mol. The summed E-state index contributed by atoms with van der Waals surface area (Å²) in [5.74, 6) is 0.118. The van der Waals surface area contributed by atoms with E-state index >= 15 is 0 Å². The van der Waals surface area contributed by atoms with Crippen molar-refractivity contribution < 1.29 is 9.59 Å². The molecule has 3 rings (SSSR count). The van der Waals surface area contributed by atoms with Gasteiger partial charge in [0.25, 0.3) is 5.91 Å². The minimum Gasteiger partial charge on any atom is -0.366 e. The van der Waals surface area contributed by atoms with Gasteiger partial charge >= 0.3 is 0 Å². The number of benzene rings is 2. The van der Waals surface area contributed by atoms with Gasteiger partial charge in [0.2, 0.25) is 5.91 Å². The van der Waals surface area contributed by atoms with Gasteiger partial charge in [0.1, 0.15) is 0 Å². The molecule has 1 fully saturated rings. The Kier molecular flexibility index (Phi) is 6.36. The van der Waals surface area contributed by atoms with Crippen molar-refractivity contribution in [1.82, 2.24) is 4.90 Å². The number of anilines is 2. The molecule has 1 saturated heterocycles. The molecule has 2 aromatic carbocycles. The molecular formula is C21H24IN3O2. The van der Waals surface area contributed by atoms with E-state index in [2.05, 4.69) is 32.8 Å². The number of hydrogen-bond acceptors (Lipinski definition) is 3. The van der Waals surface area contributed by atoms with E-state index in [4.69, 9.17) is 0 Å². The van der Waals surface area contributed by atoms with Gasteiger partial charge < -0.3 is 15.1 Å². The van der Waals surface area contributed by atoms with Gasteiger partial charge in [0.05, 0.1) is 16.9 Å². The second-order valence-electron chi connectivity index (χ2n) is 6.92. The normalized spacial score (nSPS) is 14.4. The second-order valence-corrected chi connectivity index (χ2v) is 8.08. The standard InChI is InChI=1S/C21H24IN3O2/c1-15(2)21(27)25-13-11-24(12-14-25)19-10-6-5-9-18(19)23-20(26)16-7-3-4-8-17(16)22/h3-10,15H,11-14H2,1-2H3,(H,23,26). The Hall–Kier alpha value is -2.09. The highest BCUT2D eigenvalue weighted by atomic mass is 127. The van der Waals surface area contributed by atoms with Crippen LogP contribution in [0.5, 0.6) is 0 Å². The molecule has 142 valence electrons. The van der Waals surface area contributed by atoms with Gasteiger partial charge in [-0.25, -0.2) is 0 Å². The first kappa shape index (κ1) is 19.7. The molecule has 0 saturated carbocycles. The van der Waals surface area contributed by atoms with Crippen LogP contribution in [0.25, 0.3) is 0 Å². The number of carbonyl (C=O) groups is 2. The Balaban J connectivity index is 1.73. The van der Waals surface area contributed by atoms with Crippen molar-refractivity contribution in [1.29, 1.82) is 0 Å². The quantitative estimate of drug-likeness (QED) is 0.681. The first-order valence-electron chi connectivity index (χ1n) is 9.16. The van der Waals surface area contributed by atoms with Crippen molar-refractivity contribution in [3.8, 4) is 0 Å². The first-order chi connectivity index (χ1) is 13.0. The van der Waals surface area contributed by atoms with E-state index in [1.807, 2.05) is 67.3 Å². The lowest BCUT2D eigenvalue weighted by atomic mass is 10.1. The highest BCUT2D eigenvalue weighted by Crippen LogP contribution is 2.27. The Morgan fingerprint density at radius 1 is 0.963 bits per heavy atom. The summed E-state index contributed by atoms with van der Waals surface area (Å²) >= 11 is 2.18. The van der Waals surface area contributed by atoms with Crippen LogP contribution in [0.4, 0.5) is 11.4 Å². The van der Waals surface area contributed by atoms with Crippen LogP contribution in [0.2, 0.25) is 0 Å². The SMILES string of the molecule is CC(C)C(=O)N1CCN(c2ccccc2NC(=O)c2ccccc2I)CC1. The summed E-state index contributed by atoms with van der Waals surface area (Å²) in [4.78, 5) is 29.0. The Labute approximate surface area is 173 Å². The molecule has 0 aromatic heterocycles. The van der Waals surface area contributed by atoms with Gasteiger partial charge in [-0.1, -0.05) is 38.1 Å². The lowest BCUT2D eigenvalue weighted by Crippen LogP contribution is -2.50. The summed E-state index contributed by atoms with van der Waals surface area (Å²) in [6, 6.07) is 15.4. The van der Waals surface area contributed by atoms with Crippen LogP contribution < -0.4 is 10.2 Å². The number of halogens is 1. The van der Waals surface area contributed by atoms with Crippen molar-refractivity contribution in [3.05, 3.63) is 57.7 Å². The lowest BCUT2D eigenvalue weighted by molar-refractivity contribution is -0.134. The number of hydrogen-bond donors (Lipinski definition) is 1. The van der Waals surface area contributed by atoms with Crippen molar-refractivity contribution in [3.63, 3.8) is 0 Å². The molecular weight excluding hydrogens is 453 g/mol. The molecule has 1 aliphatic heterocycles. The summed E-state index contributed by atoms with van der Waals surface area (Å²) in [7, 11) is 0. The lowest BCUT2D eigenvalue weighted by Gasteiger charge is -2.37. The summed E-state index contributed by atoms with van der Waals surface area (Å²) in [6.07, 6.45) is 0. The largest absolute Gasteiger partial charge is 0.366 e. The summed E-state index contributed by atoms with van der Waals surface area (Å²) < 4.78 is 0.922. The van der Waals surface area contributed by atoms with Crippen LogP contribution in [-0.4, -0.2) is 42.9 Å². The molecule has 2 aromatic rings. The number of nitrogens with one attached hydrogen (secondary N) is 1. The minimum atomic E-state index is -0.110. The van der Waals surface area contributed by atoms with Gasteiger partial charge in [0.15, 0.2) is 0 Å². The number of rotatable bonds is 4. The highest BCUT2D eigenvalue weighted by molar-refractivity contribution is 14.1. The zero-order chi connectivity index (χ0) is 19.4. The molecule has 6 heteroatoms. The minimum absolute atomic E-state index is 0.0245. The molecule has 0 spiro atoms. The summed E-state index contributed by atoms with van der Waals surface area (Å²) in [5.41, 5.74) is 2.46. The predicted molar refractivity (Wildman–Crippen MR) is 117 cm³/mol. The highest BCUT2D eigenvalue weighted by Gasteiger charge is 2.24. The van der Waals surface area contributed by atoms with Crippen molar-refractivity contribution in [2.24, 2.45) is 5.92 Å². The van der Waals surface area contributed by atoms with Gasteiger partial charge in [-0.3, -0.25) is 9.59 Å². The Morgan fingerprint density at radius 3 is 2.26 bits per heavy atom. The zero-order valence-electron chi connectivity index (χ0n) is 15.6. The number of piperazine rings is 1. The van der Waals surface area contributed by atoms with Gasteiger partial charge in [-0.05, 0) is 46.9 Å². The molecule has 27 heavy (non-hydrogen) atoms. The molecule has 0 aliphatic carbocycles. The van der Waals surface area contributed by atoms with E-state index in [1.54, 1.807) is 0 Å². The third-order valence-electron chi connectivity index (χ3n) is 4.70. The maximum Gasteiger partial charge on any atom is 0.256 e. The molecule has 0 radical (unpaired) electrons. The van der Waals surface area contributed by atoms with E-state index in [9.17, 15) is 9.59 Å². The second kappa shape index (κ2) is 8.73. The van der Waals surface area contributed by atoms with E-state index in [0.717, 1.165) is 28.0 Å². The van der Waals surface area contributed by atoms with Crippen LogP contribution in [0.3, 0.4) is 0 Å². The number of amides is 2. The van der Waals surface area contributed by atoms with Crippen molar-refractivity contribution in [2.45, 2.75) is 13.8 Å². The van der Waals surface area contributed by atoms with Gasteiger partial charge in [-0.15, -0.1) is 0 Å². The van der Waals surface area contributed by atoms with Crippen LogP contribution in [0, 0.1) is 9.49 Å². The molecule has 0 unspecified atom stereocenters. The van der Waals surface area contributed by atoms with Gasteiger partial charge in [0, 0.05) is 35.7 Å². The topological polar surface area (TPSA) is 52.7 Å². The van der Waals surface area contributed by atoms with E-state index in [0.29, 0.717) is 18.7 Å². The molecule has 0 bridgehead atoms. The van der Waals surface area contributed by atoms with Crippen LogP contribution in [0.15, 0.2) is 48.5 Å². The van der Waals surface area contributed by atoms with Crippen LogP contribution >= 0.6 is 22.6 Å². The summed E-state index contributed by atoms with van der Waals surface area (Å²) in [6.45, 7) is 6.79. The Morgan fingerprint density at radius 2 is 1.59 bits per heavy atom. The molecule has 2 amide bonds. The third-order valence-corrected chi connectivity index (χ3v) is 5.64. The van der Waals surface area contributed by atoms with E-state index in [1.165, 1.54) is 0 Å². The number of para-hydroxylation sites is 2. The molecule has 1 aliphatic rings. The van der Waals surface area contributed by atoms with Crippen LogP contribution in [0.1, 0.15) is 24.2 Å². The summed E-state index contributed by atoms with van der Waals surface area (Å²) in [5, 5.41) is 3.05. The zero-order valence-corrected chi connectivity index (χ0v) is 17.8. The molecule has 1 heterocycles. The van der Waals surface area contributed by atoms with E-state index in [-0.39, 0.29) is 17.7 Å². The fourth-order valence-electron chi connectivity index (χ4n) is 3.22.